The lowest BCUT2D eigenvalue weighted by molar-refractivity contribution is -0.104. The van der Waals surface area contributed by atoms with Crippen molar-refractivity contribution in [3.63, 3.8) is 0 Å². The Bertz CT molecular complexity index is 223. The van der Waals surface area contributed by atoms with Gasteiger partial charge in [0.25, 0.3) is 0 Å². The summed E-state index contributed by atoms with van der Waals surface area (Å²) in [5, 5.41) is 0. The third-order valence-electron chi connectivity index (χ3n) is 1.29. The molecule has 0 aromatic carbocycles. The molecule has 1 aliphatic carbocycles. The lowest BCUT2D eigenvalue weighted by Crippen LogP contribution is -1.92. The first kappa shape index (κ1) is 6.81. The van der Waals surface area contributed by atoms with E-state index in [1.54, 1.807) is 18.2 Å². The van der Waals surface area contributed by atoms with Crippen LogP contribution in [0.2, 0.25) is 0 Å². The summed E-state index contributed by atoms with van der Waals surface area (Å²) >= 11 is 0. The molecule has 0 bridgehead atoms. The van der Waals surface area contributed by atoms with Crippen molar-refractivity contribution >= 4 is 6.29 Å². The van der Waals surface area contributed by atoms with E-state index >= 15 is 0 Å². The smallest absolute Gasteiger partial charge is 0.150 e. The summed E-state index contributed by atoms with van der Waals surface area (Å²) in [6, 6.07) is 0. The second-order valence-electron chi connectivity index (χ2n) is 2.13. The van der Waals surface area contributed by atoms with Gasteiger partial charge in [0.15, 0.2) is 0 Å². The number of carbonyl (C=O) groups is 1. The molecule has 0 atom stereocenters. The first-order valence-corrected chi connectivity index (χ1v) is 3.11. The molecule has 0 radical (unpaired) electrons. The van der Waals surface area contributed by atoms with Gasteiger partial charge in [0.2, 0.25) is 0 Å². The highest BCUT2D eigenvalue weighted by Crippen LogP contribution is 2.04. The van der Waals surface area contributed by atoms with Gasteiger partial charge in [-0.15, -0.1) is 0 Å². The van der Waals surface area contributed by atoms with E-state index in [1.165, 1.54) is 0 Å². The van der Waals surface area contributed by atoms with Crippen molar-refractivity contribution in [2.24, 2.45) is 5.73 Å². The second-order valence-corrected chi connectivity index (χ2v) is 2.13. The largest absolute Gasteiger partial charge is 0.402 e. The fourth-order valence-corrected chi connectivity index (χ4v) is 0.737. The summed E-state index contributed by atoms with van der Waals surface area (Å²) in [5.74, 6) is 0. The van der Waals surface area contributed by atoms with E-state index in [0.717, 1.165) is 18.4 Å². The predicted octanol–water partition coefficient (Wildman–Crippen LogP) is 0.914. The molecule has 10 heavy (non-hydrogen) atoms. The molecule has 0 amide bonds. The molecular weight excluding hydrogens is 126 g/mol. The van der Waals surface area contributed by atoms with Gasteiger partial charge in [-0.25, -0.2) is 0 Å². The van der Waals surface area contributed by atoms with Crippen LogP contribution in [0.25, 0.3) is 0 Å². The van der Waals surface area contributed by atoms with E-state index < -0.39 is 0 Å². The topological polar surface area (TPSA) is 43.1 Å². The third-order valence-corrected chi connectivity index (χ3v) is 1.29. The number of hydrogen-bond acceptors (Lipinski definition) is 2. The highest BCUT2D eigenvalue weighted by atomic mass is 16.1. The number of carbonyl (C=O) groups excluding carboxylic acids is 1. The molecule has 0 spiro atoms. The Kier molecular flexibility index (Phi) is 2.05. The maximum Gasteiger partial charge on any atom is 0.150 e. The average Bonchev–Trinajstić information content (AvgIpc) is 2.14. The van der Waals surface area contributed by atoms with E-state index in [-0.39, 0.29) is 0 Å². The Morgan fingerprint density at radius 2 is 2.30 bits per heavy atom. The Balaban J connectivity index is 2.85. The van der Waals surface area contributed by atoms with E-state index in [1.807, 2.05) is 6.08 Å². The van der Waals surface area contributed by atoms with Gasteiger partial charge < -0.3 is 5.73 Å². The maximum absolute atomic E-state index is 10.2. The molecule has 0 saturated heterocycles. The lowest BCUT2D eigenvalue weighted by atomic mass is 10.3. The van der Waals surface area contributed by atoms with Crippen LogP contribution in [-0.2, 0) is 4.79 Å². The van der Waals surface area contributed by atoms with Crippen molar-refractivity contribution in [1.82, 2.24) is 0 Å². The van der Waals surface area contributed by atoms with Crippen molar-refractivity contribution in [2.75, 3.05) is 0 Å². The van der Waals surface area contributed by atoms with Crippen LogP contribution in [0.3, 0.4) is 0 Å². The first-order valence-electron chi connectivity index (χ1n) is 3.11. The number of rotatable bonds is 1. The summed E-state index contributed by atoms with van der Waals surface area (Å²) in [4.78, 5) is 10.2. The molecule has 0 aliphatic heterocycles. The molecule has 2 heteroatoms. The van der Waals surface area contributed by atoms with Crippen LogP contribution in [0.15, 0.2) is 35.6 Å². The molecule has 0 unspecified atom stereocenters. The molecule has 0 saturated carbocycles. The molecule has 0 fully saturated rings. The van der Waals surface area contributed by atoms with Gasteiger partial charge in [0.05, 0.1) is 0 Å². The number of hydrogen-bond donors (Lipinski definition) is 1. The van der Waals surface area contributed by atoms with Crippen LogP contribution in [-0.4, -0.2) is 6.29 Å². The third kappa shape index (κ3) is 1.58. The zero-order chi connectivity index (χ0) is 7.40. The van der Waals surface area contributed by atoms with Crippen LogP contribution < -0.4 is 5.73 Å². The fraction of sp³-hybridized carbons (Fsp3) is 0.125. The number of aldehydes is 1. The summed E-state index contributed by atoms with van der Waals surface area (Å²) in [6.45, 7) is 0. The van der Waals surface area contributed by atoms with Gasteiger partial charge in [-0.2, -0.15) is 0 Å². The molecule has 2 nitrogen and oxygen atoms in total. The monoisotopic (exact) mass is 135 g/mol. The van der Waals surface area contributed by atoms with Gasteiger partial charge in [-0.1, -0.05) is 18.2 Å². The van der Waals surface area contributed by atoms with Gasteiger partial charge in [0, 0.05) is 17.7 Å². The average molecular weight is 135 g/mol. The lowest BCUT2D eigenvalue weighted by Gasteiger charge is -1.87. The van der Waals surface area contributed by atoms with Gasteiger partial charge >= 0.3 is 0 Å². The summed E-state index contributed by atoms with van der Waals surface area (Å²) in [7, 11) is 0. The minimum absolute atomic E-state index is 0.667. The Morgan fingerprint density at radius 1 is 1.50 bits per heavy atom. The van der Waals surface area contributed by atoms with E-state index in [4.69, 9.17) is 5.73 Å². The summed E-state index contributed by atoms with van der Waals surface area (Å²) in [5.41, 5.74) is 6.95. The van der Waals surface area contributed by atoms with Crippen LogP contribution >= 0.6 is 0 Å². The standard InChI is InChI=1S/C8H9NO/c9-8-3-1-2-7(6-10)4-5-8/h1-2,4-6H,3,9H2. The van der Waals surface area contributed by atoms with Crippen molar-refractivity contribution < 1.29 is 4.79 Å². The molecular formula is C8H9NO. The van der Waals surface area contributed by atoms with Gasteiger partial charge in [0.1, 0.15) is 6.29 Å². The zero-order valence-electron chi connectivity index (χ0n) is 5.58. The number of nitrogens with two attached hydrogens (primary N) is 1. The second kappa shape index (κ2) is 3.01. The van der Waals surface area contributed by atoms with Crippen LogP contribution in [0.1, 0.15) is 6.42 Å². The molecule has 1 rings (SSSR count). The van der Waals surface area contributed by atoms with Crippen LogP contribution in [0.4, 0.5) is 0 Å². The highest BCUT2D eigenvalue weighted by molar-refractivity contribution is 5.78. The molecule has 2 N–H and O–H groups in total. The molecule has 0 heterocycles. The minimum atomic E-state index is 0.667. The van der Waals surface area contributed by atoms with Crippen molar-refractivity contribution in [2.45, 2.75) is 6.42 Å². The molecule has 0 aromatic heterocycles. The predicted molar refractivity (Wildman–Crippen MR) is 40.2 cm³/mol. The van der Waals surface area contributed by atoms with E-state index in [9.17, 15) is 4.79 Å². The maximum atomic E-state index is 10.2. The Morgan fingerprint density at radius 3 is 3.00 bits per heavy atom. The normalized spacial score (nSPS) is 17.2. The van der Waals surface area contributed by atoms with Crippen molar-refractivity contribution in [3.8, 4) is 0 Å². The van der Waals surface area contributed by atoms with E-state index in [2.05, 4.69) is 0 Å². The fourth-order valence-electron chi connectivity index (χ4n) is 0.737. The molecule has 52 valence electrons. The number of allylic oxidation sites excluding steroid dienone is 5. The first-order chi connectivity index (χ1) is 4.83. The minimum Gasteiger partial charge on any atom is -0.402 e. The van der Waals surface area contributed by atoms with Crippen LogP contribution in [0.5, 0.6) is 0 Å². The SMILES string of the molecule is NC1=CC=C(C=O)C=CC1. The molecule has 0 aromatic rings. The Hall–Kier alpha value is -1.31. The van der Waals surface area contributed by atoms with Gasteiger partial charge in [-0.05, 0) is 6.08 Å². The summed E-state index contributed by atoms with van der Waals surface area (Å²) < 4.78 is 0. The van der Waals surface area contributed by atoms with Crippen molar-refractivity contribution in [3.05, 3.63) is 35.6 Å². The molecule has 1 aliphatic rings. The quantitative estimate of drug-likeness (QED) is 0.543. The summed E-state index contributed by atoms with van der Waals surface area (Å²) in [6.07, 6.45) is 8.65. The van der Waals surface area contributed by atoms with Crippen LogP contribution in [0, 0.1) is 0 Å². The van der Waals surface area contributed by atoms with E-state index in [0.29, 0.717) is 5.57 Å². The van der Waals surface area contributed by atoms with Gasteiger partial charge in [-0.3, -0.25) is 4.79 Å². The highest BCUT2D eigenvalue weighted by Gasteiger charge is 1.92. The van der Waals surface area contributed by atoms with Crippen molar-refractivity contribution in [1.29, 1.82) is 0 Å². The Labute approximate surface area is 59.7 Å². The zero-order valence-corrected chi connectivity index (χ0v) is 5.58.